The van der Waals surface area contributed by atoms with Crippen LogP contribution in [0.5, 0.6) is 17.2 Å². The van der Waals surface area contributed by atoms with Gasteiger partial charge in [-0.1, -0.05) is 70.0 Å². The number of carbonyl (C=O) groups excluding carboxylic acids is 3. The van der Waals surface area contributed by atoms with Crippen LogP contribution in [0.3, 0.4) is 0 Å². The van der Waals surface area contributed by atoms with E-state index in [1.807, 2.05) is 35.8 Å². The Hall–Kier alpha value is -2.94. The quantitative estimate of drug-likeness (QED) is 0.0272. The van der Waals surface area contributed by atoms with E-state index in [1.165, 1.54) is 64.9 Å². The van der Waals surface area contributed by atoms with Crippen molar-refractivity contribution in [2.24, 2.45) is 0 Å². The Labute approximate surface area is 517 Å². The van der Waals surface area contributed by atoms with Gasteiger partial charge >= 0.3 is 6.09 Å². The van der Waals surface area contributed by atoms with Gasteiger partial charge in [-0.15, -0.1) is 0 Å². The van der Waals surface area contributed by atoms with E-state index in [4.69, 9.17) is 61.7 Å². The third kappa shape index (κ3) is 15.7. The molecule has 2 bridgehead atoms. The number of hydrogen-bond donors (Lipinski definition) is 8. The number of aliphatic hydroxyl groups is 5. The number of ketones is 1. The van der Waals surface area contributed by atoms with Gasteiger partial charge in [-0.25, -0.2) is 4.79 Å². The number of nitrogens with one attached hydrogen (secondary N) is 3. The van der Waals surface area contributed by atoms with Gasteiger partial charge in [-0.3, -0.25) is 19.7 Å². The first-order valence-electron chi connectivity index (χ1n) is 26.9. The Morgan fingerprint density at radius 2 is 1.61 bits per heavy atom. The van der Waals surface area contributed by atoms with Crippen LogP contribution in [0, 0.1) is 34.2 Å². The van der Waals surface area contributed by atoms with Gasteiger partial charge in [0.25, 0.3) is 0 Å². The van der Waals surface area contributed by atoms with Crippen LogP contribution in [0.4, 0.5) is 4.79 Å². The van der Waals surface area contributed by atoms with Crippen molar-refractivity contribution in [1.29, 1.82) is 0 Å². The van der Waals surface area contributed by atoms with Crippen LogP contribution in [-0.2, 0) is 52.3 Å². The Bertz CT molecular complexity index is 2710. The van der Waals surface area contributed by atoms with Gasteiger partial charge < -0.3 is 87.7 Å². The summed E-state index contributed by atoms with van der Waals surface area (Å²) in [6.45, 7) is 9.41. The number of rotatable bonds is 22. The molecule has 4 fully saturated rings. The molecule has 4 heterocycles. The lowest BCUT2D eigenvalue weighted by Gasteiger charge is -2.46. The van der Waals surface area contributed by atoms with Gasteiger partial charge in [-0.2, -0.15) is 5.48 Å². The van der Waals surface area contributed by atoms with Gasteiger partial charge in [0.15, 0.2) is 41.8 Å². The van der Waals surface area contributed by atoms with Crippen LogP contribution in [0.15, 0.2) is 35.1 Å². The molecule has 4 saturated heterocycles. The summed E-state index contributed by atoms with van der Waals surface area (Å²) in [5, 5.41) is 62.7. The standard InChI is InChI=1S/C55H74IN3O21S4/c1-12-57-30-24-73-35(22-34(30)68-6)78-48-43(63)40(26(3)75-53(48)77-33-17-15-13-14-16-19-55(67)23-32(61)41(58-54(66)72-10)38(33)29(55)18-20-82-84-81-11)59-80-36-21-31(60)50(28(5)74-36)83-51(65)37-25(2)39(56)46(49(71-9)45(37)69-7)79-52-44(64)47(70-8)42(62)27(4)76-52/h13-14,18,26-28,30-31,33-36,40,42-44,47-48,50,52-53,57,59-60,62-64,67H,12,20-24H2,1-11H3,(H,58,66)/b14-13?,29-18-/t26-,27+,28-,30+,31+,33+,34+,35+,36+,40-,42+,43+,44-,47-,48-,50-,52+,53+,55+/m1/s1. The second kappa shape index (κ2) is 31.5. The Morgan fingerprint density at radius 3 is 2.27 bits per heavy atom. The van der Waals surface area contributed by atoms with E-state index < -0.39 is 127 Å². The fraction of sp³-hybridized carbons (Fsp3) is 0.655. The molecule has 24 nitrogen and oxygen atoms in total. The molecule has 19 atom stereocenters. The van der Waals surface area contributed by atoms with Crippen molar-refractivity contribution in [3.8, 4) is 40.9 Å². The molecule has 6 aliphatic rings. The molecule has 7 rings (SSSR count). The summed E-state index contributed by atoms with van der Waals surface area (Å²) < 4.78 is 72.5. The van der Waals surface area contributed by atoms with E-state index in [9.17, 15) is 39.9 Å². The predicted octanol–water partition coefficient (Wildman–Crippen LogP) is 3.20. The molecule has 2 aliphatic carbocycles. The second-order valence-corrected chi connectivity index (χ2v) is 26.7. The number of halogens is 1. The van der Waals surface area contributed by atoms with Crippen molar-refractivity contribution in [2.45, 2.75) is 169 Å². The first-order chi connectivity index (χ1) is 40.2. The molecule has 466 valence electrons. The van der Waals surface area contributed by atoms with Crippen LogP contribution in [-0.4, -0.2) is 218 Å². The molecule has 84 heavy (non-hydrogen) atoms. The number of carbonyl (C=O) groups is 3. The summed E-state index contributed by atoms with van der Waals surface area (Å²) in [6, 6.07) is -1.27. The third-order valence-electron chi connectivity index (χ3n) is 14.8. The number of likely N-dealkylation sites (N-methyl/N-ethyl adjacent to an activating group) is 1. The monoisotopic (exact) mass is 1370 g/mol. The normalized spacial score (nSPS) is 35.5. The lowest BCUT2D eigenvalue weighted by molar-refractivity contribution is -0.336. The van der Waals surface area contributed by atoms with Gasteiger partial charge in [0.1, 0.15) is 36.6 Å². The number of aliphatic hydroxyl groups excluding tert-OH is 4. The van der Waals surface area contributed by atoms with Crippen molar-refractivity contribution < 1.29 is 102 Å². The third-order valence-corrected chi connectivity index (χ3v) is 21.2. The van der Waals surface area contributed by atoms with Gasteiger partial charge in [0.2, 0.25) is 17.2 Å². The van der Waals surface area contributed by atoms with Crippen molar-refractivity contribution in [3.05, 3.63) is 49.8 Å². The fourth-order valence-electron chi connectivity index (χ4n) is 10.5. The van der Waals surface area contributed by atoms with Gasteiger partial charge in [0.05, 0.1) is 97.0 Å². The van der Waals surface area contributed by atoms with E-state index in [0.29, 0.717) is 21.4 Å². The number of hydrogen-bond acceptors (Lipinski definition) is 27. The number of methoxy groups -OCH3 is 5. The number of allylic oxidation sites excluding steroid dienone is 3. The highest BCUT2D eigenvalue weighted by atomic mass is 127. The molecular formula is C55H74IN3O21S4. The molecule has 29 heteroatoms. The zero-order valence-electron chi connectivity index (χ0n) is 48.1. The molecule has 4 aliphatic heterocycles. The predicted molar refractivity (Wildman–Crippen MR) is 320 cm³/mol. The average Bonchev–Trinajstić information content (AvgIpc) is 1.36. The number of alkyl carbamates (subject to hydrolysis) is 1. The SMILES string of the molecule is CCN[C@H]1CO[C@@H](O[C@H]2[C@H](O[C@H]3C#CC=CC#C[C@]4(O)CC(=O)C(NC(=O)OC)=C3/C4=C/CSSSC)O[C@H](C)[C@@H](NO[C@H]3C[C@H](O)[C@H](SC(=O)c4c(C)c(I)c(O[C@@H]5O[C@@H](C)[C@H](O)[C@@H](OC)[C@H]5O)c(OC)c4OC)[C@@H](C)O3)[C@@H]2O)C[C@@H]1OC. The molecule has 0 saturated carbocycles. The molecule has 0 radical (unpaired) electrons. The van der Waals surface area contributed by atoms with E-state index >= 15 is 0 Å². The molecule has 0 aromatic heterocycles. The van der Waals surface area contributed by atoms with E-state index in [1.54, 1.807) is 40.9 Å². The number of fused-ring (bicyclic) bond motifs is 2. The maximum Gasteiger partial charge on any atom is 0.411 e. The number of Topliss-reactive ketones (excluding diaryl/α,β-unsaturated/α-hetero) is 1. The van der Waals surface area contributed by atoms with Gasteiger partial charge in [0, 0.05) is 44.0 Å². The van der Waals surface area contributed by atoms with Crippen LogP contribution in [0.25, 0.3) is 0 Å². The van der Waals surface area contributed by atoms with Crippen LogP contribution in [0.1, 0.15) is 62.9 Å². The highest BCUT2D eigenvalue weighted by Gasteiger charge is 2.52. The average molecular weight is 1370 g/mol. The molecule has 0 unspecified atom stereocenters. The number of benzene rings is 1. The lowest BCUT2D eigenvalue weighted by Crippen LogP contribution is -2.65. The van der Waals surface area contributed by atoms with Crippen molar-refractivity contribution in [3.63, 3.8) is 0 Å². The van der Waals surface area contributed by atoms with Crippen LogP contribution in [0.2, 0.25) is 0 Å². The number of ether oxygens (including phenoxy) is 12. The van der Waals surface area contributed by atoms with Crippen molar-refractivity contribution in [2.75, 3.05) is 60.7 Å². The second-order valence-electron chi connectivity index (χ2n) is 20.1. The lowest BCUT2D eigenvalue weighted by atomic mass is 9.75. The van der Waals surface area contributed by atoms with Crippen LogP contribution >= 0.6 is 65.8 Å². The molecule has 1 aromatic rings. The van der Waals surface area contributed by atoms with E-state index in [0.717, 1.165) is 18.9 Å². The Kier molecular flexibility index (Phi) is 25.7. The molecule has 1 aromatic carbocycles. The summed E-state index contributed by atoms with van der Waals surface area (Å²) in [6.07, 6.45) is -11.9. The molecule has 0 spiro atoms. The van der Waals surface area contributed by atoms with E-state index in [2.05, 4.69) is 39.8 Å². The minimum atomic E-state index is -2.05. The first kappa shape index (κ1) is 68.5. The maximum atomic E-state index is 14.4. The largest absolute Gasteiger partial charge is 0.492 e. The molecule has 8 N–H and O–H groups in total. The highest BCUT2D eigenvalue weighted by Crippen LogP contribution is 2.49. The summed E-state index contributed by atoms with van der Waals surface area (Å²) >= 11 is 2.83. The highest BCUT2D eigenvalue weighted by molar-refractivity contribution is 14.1. The Morgan fingerprint density at radius 1 is 0.881 bits per heavy atom. The summed E-state index contributed by atoms with van der Waals surface area (Å²) in [5.41, 5.74) is 1.30. The topological polar surface area (TPSA) is 308 Å². The summed E-state index contributed by atoms with van der Waals surface area (Å²) in [4.78, 5) is 47.5. The number of thioether (sulfide) groups is 1. The molecular weight excluding hydrogens is 1290 g/mol. The van der Waals surface area contributed by atoms with E-state index in [-0.39, 0.29) is 71.2 Å². The Balaban J connectivity index is 1.12. The molecule has 1 amide bonds. The van der Waals surface area contributed by atoms with Crippen molar-refractivity contribution in [1.82, 2.24) is 16.1 Å². The fourth-order valence-corrected chi connectivity index (χ4v) is 14.7. The smallest absolute Gasteiger partial charge is 0.411 e. The summed E-state index contributed by atoms with van der Waals surface area (Å²) in [5.74, 6) is 11.3. The zero-order valence-corrected chi connectivity index (χ0v) is 53.6. The van der Waals surface area contributed by atoms with Gasteiger partial charge in [-0.05, 0) is 90.6 Å². The number of hydroxylamine groups is 1. The summed E-state index contributed by atoms with van der Waals surface area (Å²) in [7, 11) is 11.3. The minimum absolute atomic E-state index is 0.0155. The zero-order chi connectivity index (χ0) is 61.2. The first-order valence-corrected chi connectivity index (χ1v) is 32.9. The van der Waals surface area contributed by atoms with Crippen LogP contribution < -0.4 is 30.3 Å². The number of amides is 1. The maximum absolute atomic E-state index is 14.4. The van der Waals surface area contributed by atoms with Crippen molar-refractivity contribution >= 4 is 82.8 Å². The minimum Gasteiger partial charge on any atom is -0.492 e.